The van der Waals surface area contributed by atoms with Gasteiger partial charge in [-0.25, -0.2) is 4.79 Å². The summed E-state index contributed by atoms with van der Waals surface area (Å²) in [5.74, 6) is 0. The maximum atomic E-state index is 11.3. The number of nitrogens with one attached hydrogen (secondary N) is 1. The maximum Gasteiger partial charge on any atom is 0.407 e. The van der Waals surface area contributed by atoms with Crippen molar-refractivity contribution in [2.24, 2.45) is 0 Å². The molecule has 94 valence electrons. The smallest absolute Gasteiger partial charge is 0.407 e. The zero-order valence-corrected chi connectivity index (χ0v) is 10.3. The molecule has 1 atom stereocenters. The van der Waals surface area contributed by atoms with Gasteiger partial charge < -0.3 is 15.2 Å². The Hall–Kier alpha value is -1.62. The van der Waals surface area contributed by atoms with Gasteiger partial charge in [-0.2, -0.15) is 0 Å². The number of aliphatic hydroxyl groups is 1. The van der Waals surface area contributed by atoms with Crippen LogP contribution in [0.15, 0.2) is 24.4 Å². The van der Waals surface area contributed by atoms with Crippen LogP contribution in [0.2, 0.25) is 0 Å². The van der Waals surface area contributed by atoms with E-state index in [2.05, 4.69) is 10.3 Å². The topological polar surface area (TPSA) is 71.5 Å². The molecule has 5 nitrogen and oxygen atoms in total. The predicted octanol–water partition coefficient (Wildman–Crippen LogP) is 1.64. The van der Waals surface area contributed by atoms with E-state index in [4.69, 9.17) is 4.74 Å². The summed E-state index contributed by atoms with van der Waals surface area (Å²) >= 11 is 0. The highest BCUT2D eigenvalue weighted by Crippen LogP contribution is 2.09. The molecule has 0 saturated heterocycles. The lowest BCUT2D eigenvalue weighted by Gasteiger charge is -2.20. The van der Waals surface area contributed by atoms with Crippen LogP contribution in [0.3, 0.4) is 0 Å². The third-order valence-corrected chi connectivity index (χ3v) is 1.87. The summed E-state index contributed by atoms with van der Waals surface area (Å²) in [6.45, 7) is 5.41. The van der Waals surface area contributed by atoms with Crippen LogP contribution in [0.5, 0.6) is 0 Å². The SMILES string of the molecule is CC(C)(C)OC(=O)NCC(O)c1ccccn1. The molecule has 0 aliphatic rings. The Bertz CT molecular complexity index is 360. The van der Waals surface area contributed by atoms with Crippen molar-refractivity contribution in [3.05, 3.63) is 30.1 Å². The third-order valence-electron chi connectivity index (χ3n) is 1.87. The molecule has 1 amide bonds. The van der Waals surface area contributed by atoms with Crippen LogP contribution < -0.4 is 5.32 Å². The molecule has 1 rings (SSSR count). The quantitative estimate of drug-likeness (QED) is 0.839. The van der Waals surface area contributed by atoms with Crippen molar-refractivity contribution in [3.8, 4) is 0 Å². The van der Waals surface area contributed by atoms with Gasteiger partial charge in [-0.1, -0.05) is 6.07 Å². The first-order chi connectivity index (χ1) is 7.88. The predicted molar refractivity (Wildman–Crippen MR) is 63.4 cm³/mol. The molecule has 1 aromatic heterocycles. The normalized spacial score (nSPS) is 12.9. The molecule has 17 heavy (non-hydrogen) atoms. The molecule has 0 aliphatic heterocycles. The fraction of sp³-hybridized carbons (Fsp3) is 0.500. The van der Waals surface area contributed by atoms with E-state index in [-0.39, 0.29) is 6.54 Å². The minimum atomic E-state index is -0.830. The van der Waals surface area contributed by atoms with E-state index >= 15 is 0 Å². The van der Waals surface area contributed by atoms with Crippen molar-refractivity contribution in [1.82, 2.24) is 10.3 Å². The zero-order chi connectivity index (χ0) is 12.9. The van der Waals surface area contributed by atoms with Crippen LogP contribution in [0.25, 0.3) is 0 Å². The van der Waals surface area contributed by atoms with Gasteiger partial charge in [-0.3, -0.25) is 4.98 Å². The summed E-state index contributed by atoms with van der Waals surface area (Å²) < 4.78 is 5.04. The lowest BCUT2D eigenvalue weighted by Crippen LogP contribution is -2.34. The van der Waals surface area contributed by atoms with Crippen molar-refractivity contribution in [2.75, 3.05) is 6.54 Å². The van der Waals surface area contributed by atoms with Gasteiger partial charge in [-0.15, -0.1) is 0 Å². The lowest BCUT2D eigenvalue weighted by molar-refractivity contribution is 0.0490. The van der Waals surface area contributed by atoms with E-state index in [0.29, 0.717) is 5.69 Å². The molecule has 0 spiro atoms. The second-order valence-electron chi connectivity index (χ2n) is 4.65. The largest absolute Gasteiger partial charge is 0.444 e. The molecule has 1 aromatic rings. The van der Waals surface area contributed by atoms with Crippen LogP contribution in [0.1, 0.15) is 32.6 Å². The number of aromatic nitrogens is 1. The molecule has 0 saturated carbocycles. The Morgan fingerprint density at radius 3 is 2.76 bits per heavy atom. The molecule has 0 radical (unpaired) electrons. The van der Waals surface area contributed by atoms with Crippen molar-refractivity contribution in [2.45, 2.75) is 32.5 Å². The highest BCUT2D eigenvalue weighted by Gasteiger charge is 2.17. The number of pyridine rings is 1. The van der Waals surface area contributed by atoms with Crippen LogP contribution in [0.4, 0.5) is 4.79 Å². The summed E-state index contributed by atoms with van der Waals surface area (Å²) in [5.41, 5.74) is -0.0245. The van der Waals surface area contributed by atoms with Crippen LogP contribution in [-0.4, -0.2) is 28.3 Å². The van der Waals surface area contributed by atoms with Gasteiger partial charge in [0.2, 0.25) is 0 Å². The monoisotopic (exact) mass is 238 g/mol. The van der Waals surface area contributed by atoms with Crippen molar-refractivity contribution < 1.29 is 14.6 Å². The first-order valence-electron chi connectivity index (χ1n) is 5.44. The van der Waals surface area contributed by atoms with Crippen molar-refractivity contribution >= 4 is 6.09 Å². The van der Waals surface area contributed by atoms with Gasteiger partial charge in [0, 0.05) is 6.20 Å². The number of nitrogens with zero attached hydrogens (tertiary/aromatic N) is 1. The summed E-state index contributed by atoms with van der Waals surface area (Å²) in [6.07, 6.45) is 0.211. The standard InChI is InChI=1S/C12H18N2O3/c1-12(2,3)17-11(16)14-8-10(15)9-6-4-5-7-13-9/h4-7,10,15H,8H2,1-3H3,(H,14,16). The lowest BCUT2D eigenvalue weighted by atomic mass is 10.2. The summed E-state index contributed by atoms with van der Waals surface area (Å²) in [5, 5.41) is 12.2. The van der Waals surface area contributed by atoms with Crippen LogP contribution in [0, 0.1) is 0 Å². The second-order valence-corrected chi connectivity index (χ2v) is 4.65. The summed E-state index contributed by atoms with van der Waals surface area (Å²) in [7, 11) is 0. The van der Waals surface area contributed by atoms with E-state index in [1.165, 1.54) is 0 Å². The van der Waals surface area contributed by atoms with Crippen molar-refractivity contribution in [1.29, 1.82) is 0 Å². The summed E-state index contributed by atoms with van der Waals surface area (Å²) in [6, 6.07) is 5.23. The number of amides is 1. The molecule has 1 heterocycles. The minimum absolute atomic E-state index is 0.0753. The number of ether oxygens (including phenoxy) is 1. The molecule has 0 aliphatic carbocycles. The minimum Gasteiger partial charge on any atom is -0.444 e. The van der Waals surface area contributed by atoms with E-state index < -0.39 is 17.8 Å². The third kappa shape index (κ3) is 5.31. The Kier molecular flexibility index (Phi) is 4.45. The van der Waals surface area contributed by atoms with E-state index in [1.807, 2.05) is 0 Å². The number of hydrogen-bond donors (Lipinski definition) is 2. The molecule has 0 bridgehead atoms. The van der Waals surface area contributed by atoms with Gasteiger partial charge in [0.15, 0.2) is 0 Å². The highest BCUT2D eigenvalue weighted by molar-refractivity contribution is 5.67. The molecular formula is C12H18N2O3. The Labute approximate surface area is 101 Å². The Morgan fingerprint density at radius 1 is 1.53 bits per heavy atom. The van der Waals surface area contributed by atoms with Crippen LogP contribution >= 0.6 is 0 Å². The fourth-order valence-electron chi connectivity index (χ4n) is 1.17. The Balaban J connectivity index is 2.39. The van der Waals surface area contributed by atoms with Crippen molar-refractivity contribution in [3.63, 3.8) is 0 Å². The van der Waals surface area contributed by atoms with E-state index in [9.17, 15) is 9.90 Å². The first-order valence-corrected chi connectivity index (χ1v) is 5.44. The van der Waals surface area contributed by atoms with Gasteiger partial charge in [0.25, 0.3) is 0 Å². The molecule has 0 aromatic carbocycles. The Morgan fingerprint density at radius 2 is 2.24 bits per heavy atom. The number of carbonyl (C=O) groups is 1. The molecule has 1 unspecified atom stereocenters. The maximum absolute atomic E-state index is 11.3. The number of carbonyl (C=O) groups excluding carboxylic acids is 1. The number of alkyl carbamates (subject to hydrolysis) is 1. The van der Waals surface area contributed by atoms with E-state index in [0.717, 1.165) is 0 Å². The fourth-order valence-corrected chi connectivity index (χ4v) is 1.17. The second kappa shape index (κ2) is 5.63. The molecular weight excluding hydrogens is 220 g/mol. The zero-order valence-electron chi connectivity index (χ0n) is 10.3. The molecule has 0 fully saturated rings. The van der Waals surface area contributed by atoms with Crippen LogP contribution in [-0.2, 0) is 4.74 Å². The molecule has 2 N–H and O–H groups in total. The molecule has 5 heteroatoms. The van der Waals surface area contributed by atoms with Gasteiger partial charge in [0.05, 0.1) is 12.2 Å². The average Bonchev–Trinajstić information content (AvgIpc) is 2.25. The number of rotatable bonds is 3. The van der Waals surface area contributed by atoms with E-state index in [1.54, 1.807) is 45.2 Å². The number of hydrogen-bond acceptors (Lipinski definition) is 4. The number of aliphatic hydroxyl groups excluding tert-OH is 1. The van der Waals surface area contributed by atoms with Gasteiger partial charge in [0.1, 0.15) is 11.7 Å². The van der Waals surface area contributed by atoms with Gasteiger partial charge >= 0.3 is 6.09 Å². The first kappa shape index (κ1) is 13.4. The van der Waals surface area contributed by atoms with Gasteiger partial charge in [-0.05, 0) is 32.9 Å². The summed E-state index contributed by atoms with van der Waals surface area (Å²) in [4.78, 5) is 15.3. The highest BCUT2D eigenvalue weighted by atomic mass is 16.6. The average molecular weight is 238 g/mol.